The highest BCUT2D eigenvalue weighted by molar-refractivity contribution is 7.62. The van der Waals surface area contributed by atoms with Gasteiger partial charge in [0.25, 0.3) is 3.53 Å². The van der Waals surface area contributed by atoms with Crippen molar-refractivity contribution in [1.82, 2.24) is 0 Å². The Labute approximate surface area is 86.8 Å². The van der Waals surface area contributed by atoms with Crippen LogP contribution in [0, 0.1) is 0 Å². The number of hydrogen-bond acceptors (Lipinski definition) is 3. The van der Waals surface area contributed by atoms with E-state index in [-0.39, 0.29) is 13.2 Å². The van der Waals surface area contributed by atoms with Gasteiger partial charge in [-0.25, -0.2) is 0 Å². The van der Waals surface area contributed by atoms with Crippen LogP contribution in [0.3, 0.4) is 0 Å². The highest BCUT2D eigenvalue weighted by Crippen LogP contribution is 2.66. The first-order chi connectivity index (χ1) is 5.37. The van der Waals surface area contributed by atoms with Gasteiger partial charge in [-0.3, -0.25) is 4.57 Å². The van der Waals surface area contributed by atoms with Gasteiger partial charge < -0.3 is 9.05 Å². The summed E-state index contributed by atoms with van der Waals surface area (Å²) in [7, 11) is -3.61. The predicted octanol–water partition coefficient (Wildman–Crippen LogP) is 3.58. The molecule has 0 N–H and O–H groups in total. The summed E-state index contributed by atoms with van der Waals surface area (Å²) >= 11 is 16.2. The van der Waals surface area contributed by atoms with E-state index in [0.717, 1.165) is 0 Å². The Kier molecular flexibility index (Phi) is 5.47. The Bertz CT molecular complexity index is 169. The van der Waals surface area contributed by atoms with E-state index in [9.17, 15) is 4.57 Å². The monoisotopic (exact) mass is 254 g/mol. The van der Waals surface area contributed by atoms with Crippen molar-refractivity contribution in [3.05, 3.63) is 0 Å². The largest absolute Gasteiger partial charge is 0.381 e. The van der Waals surface area contributed by atoms with E-state index in [2.05, 4.69) is 0 Å². The molecule has 74 valence electrons. The van der Waals surface area contributed by atoms with E-state index in [1.807, 2.05) is 0 Å². The van der Waals surface area contributed by atoms with Gasteiger partial charge in [0.15, 0.2) is 0 Å². The fourth-order valence-corrected chi connectivity index (χ4v) is 2.45. The molecule has 3 nitrogen and oxygen atoms in total. The molecular weight excluding hydrogens is 245 g/mol. The Morgan fingerprint density at radius 3 is 1.67 bits per heavy atom. The minimum atomic E-state index is -3.61. The Balaban J connectivity index is 4.51. The van der Waals surface area contributed by atoms with E-state index in [0.29, 0.717) is 0 Å². The van der Waals surface area contributed by atoms with Crippen molar-refractivity contribution in [1.29, 1.82) is 0 Å². The molecule has 0 fully saturated rings. The van der Waals surface area contributed by atoms with Gasteiger partial charge in [-0.05, 0) is 13.8 Å². The fourth-order valence-electron chi connectivity index (χ4n) is 0.524. The number of halogens is 3. The number of hydrogen-bond donors (Lipinski definition) is 0. The van der Waals surface area contributed by atoms with E-state index >= 15 is 0 Å². The molecule has 0 aromatic carbocycles. The van der Waals surface area contributed by atoms with Crippen molar-refractivity contribution in [2.24, 2.45) is 0 Å². The fraction of sp³-hybridized carbons (Fsp3) is 1.00. The van der Waals surface area contributed by atoms with E-state index in [1.54, 1.807) is 13.8 Å². The summed E-state index contributed by atoms with van der Waals surface area (Å²) < 4.78 is 19.1. The normalized spacial score (nSPS) is 13.4. The standard InChI is InChI=1S/C5H10Cl3O3P/c1-3-10-12(9,11-4-2)5(6,7)8/h3-4H2,1-2H3. The van der Waals surface area contributed by atoms with Gasteiger partial charge in [-0.15, -0.1) is 0 Å². The minimum absolute atomic E-state index is 0.172. The van der Waals surface area contributed by atoms with Crippen molar-refractivity contribution in [2.45, 2.75) is 17.4 Å². The lowest BCUT2D eigenvalue weighted by atomic mass is 10.9. The predicted molar refractivity (Wildman–Crippen MR) is 51.1 cm³/mol. The summed E-state index contributed by atoms with van der Waals surface area (Å²) in [5.74, 6) is 0. The maximum atomic E-state index is 11.6. The molecule has 0 aliphatic rings. The highest BCUT2D eigenvalue weighted by atomic mass is 35.6. The SMILES string of the molecule is CCOP(=O)(OCC)C(Cl)(Cl)Cl. The Morgan fingerprint density at radius 1 is 1.17 bits per heavy atom. The molecular formula is C5H10Cl3O3P. The molecule has 0 aromatic heterocycles. The van der Waals surface area contributed by atoms with Gasteiger partial charge in [0.2, 0.25) is 0 Å². The van der Waals surface area contributed by atoms with Crippen LogP contribution in [0.4, 0.5) is 0 Å². The number of alkyl halides is 3. The summed E-state index contributed by atoms with van der Waals surface area (Å²) in [6.07, 6.45) is 0. The van der Waals surface area contributed by atoms with E-state index in [1.165, 1.54) is 0 Å². The van der Waals surface area contributed by atoms with Crippen molar-refractivity contribution in [2.75, 3.05) is 13.2 Å². The van der Waals surface area contributed by atoms with E-state index < -0.39 is 11.1 Å². The number of rotatable bonds is 4. The van der Waals surface area contributed by atoms with Crippen LogP contribution in [0.25, 0.3) is 0 Å². The molecule has 0 atom stereocenters. The third kappa shape index (κ3) is 3.41. The van der Waals surface area contributed by atoms with Crippen LogP contribution in [0.1, 0.15) is 13.8 Å². The van der Waals surface area contributed by atoms with Crippen LogP contribution < -0.4 is 0 Å². The average molecular weight is 255 g/mol. The molecule has 0 radical (unpaired) electrons. The summed E-state index contributed by atoms with van der Waals surface area (Å²) in [6.45, 7) is 3.63. The zero-order valence-electron chi connectivity index (χ0n) is 6.72. The maximum absolute atomic E-state index is 11.6. The molecule has 0 bridgehead atoms. The lowest BCUT2D eigenvalue weighted by Gasteiger charge is -2.22. The summed E-state index contributed by atoms with van der Waals surface area (Å²) in [5.41, 5.74) is 0. The Morgan fingerprint density at radius 2 is 1.50 bits per heavy atom. The second-order valence-corrected chi connectivity index (χ2v) is 7.05. The van der Waals surface area contributed by atoms with Gasteiger partial charge in [0, 0.05) is 0 Å². The van der Waals surface area contributed by atoms with Gasteiger partial charge in [-0.2, -0.15) is 0 Å². The summed E-state index contributed by atoms with van der Waals surface area (Å²) in [6, 6.07) is 0. The molecule has 0 heterocycles. The first kappa shape index (κ1) is 13.0. The smallest absolute Gasteiger partial charge is 0.306 e. The van der Waals surface area contributed by atoms with Gasteiger partial charge in [0.05, 0.1) is 13.2 Å². The lowest BCUT2D eigenvalue weighted by molar-refractivity contribution is 0.220. The van der Waals surface area contributed by atoms with Crippen molar-refractivity contribution in [3.8, 4) is 0 Å². The van der Waals surface area contributed by atoms with Crippen LogP contribution >= 0.6 is 42.4 Å². The zero-order chi connectivity index (χ0) is 9.83. The van der Waals surface area contributed by atoms with Crippen LogP contribution in [0.2, 0.25) is 0 Å². The van der Waals surface area contributed by atoms with Gasteiger partial charge >= 0.3 is 7.60 Å². The van der Waals surface area contributed by atoms with Crippen molar-refractivity contribution >= 4 is 42.4 Å². The molecule has 0 amide bonds. The third-order valence-corrected chi connectivity index (χ3v) is 4.59. The minimum Gasteiger partial charge on any atom is -0.306 e. The Hall–Kier alpha value is 1.02. The molecule has 7 heteroatoms. The molecule has 0 rings (SSSR count). The zero-order valence-corrected chi connectivity index (χ0v) is 9.88. The second kappa shape index (κ2) is 5.04. The first-order valence-electron chi connectivity index (χ1n) is 3.33. The molecule has 0 saturated heterocycles. The van der Waals surface area contributed by atoms with E-state index in [4.69, 9.17) is 43.9 Å². The van der Waals surface area contributed by atoms with Crippen molar-refractivity contribution in [3.63, 3.8) is 0 Å². The third-order valence-electron chi connectivity index (χ3n) is 0.909. The average Bonchev–Trinajstić information content (AvgIpc) is 1.86. The molecule has 0 unspecified atom stereocenters. The summed E-state index contributed by atoms with van der Waals surface area (Å²) in [5, 5.41) is 0. The van der Waals surface area contributed by atoms with Crippen LogP contribution in [0.15, 0.2) is 0 Å². The molecule has 12 heavy (non-hydrogen) atoms. The van der Waals surface area contributed by atoms with Crippen LogP contribution in [-0.2, 0) is 13.6 Å². The topological polar surface area (TPSA) is 35.5 Å². The van der Waals surface area contributed by atoms with Gasteiger partial charge in [-0.1, -0.05) is 34.8 Å². The highest BCUT2D eigenvalue weighted by Gasteiger charge is 2.47. The molecule has 0 aromatic rings. The van der Waals surface area contributed by atoms with Crippen LogP contribution in [-0.4, -0.2) is 16.7 Å². The molecule has 0 saturated carbocycles. The summed E-state index contributed by atoms with van der Waals surface area (Å²) in [4.78, 5) is 0. The molecule has 0 spiro atoms. The first-order valence-corrected chi connectivity index (χ1v) is 6.01. The van der Waals surface area contributed by atoms with Gasteiger partial charge in [0.1, 0.15) is 0 Å². The molecule has 0 aliphatic heterocycles. The van der Waals surface area contributed by atoms with Crippen LogP contribution in [0.5, 0.6) is 0 Å². The quantitative estimate of drug-likeness (QED) is 0.569. The molecule has 0 aliphatic carbocycles. The maximum Gasteiger partial charge on any atom is 0.381 e. The lowest BCUT2D eigenvalue weighted by Crippen LogP contribution is -2.10. The second-order valence-electron chi connectivity index (χ2n) is 1.80. The van der Waals surface area contributed by atoms with Crippen molar-refractivity contribution < 1.29 is 13.6 Å².